The topological polar surface area (TPSA) is 100 Å². The van der Waals surface area contributed by atoms with Crippen LogP contribution < -0.4 is 16.6 Å². The average Bonchev–Trinajstić information content (AvgIpc) is 2.62. The zero-order valence-electron chi connectivity index (χ0n) is 10.6. The molecule has 1 aliphatic heterocycles. The summed E-state index contributed by atoms with van der Waals surface area (Å²) in [7, 11) is 0. The van der Waals surface area contributed by atoms with Gasteiger partial charge in [0.2, 0.25) is 5.91 Å². The Morgan fingerprint density at radius 1 is 1.53 bits per heavy atom. The van der Waals surface area contributed by atoms with Crippen molar-refractivity contribution in [3.05, 3.63) is 29.6 Å². The van der Waals surface area contributed by atoms with Gasteiger partial charge in [-0.15, -0.1) is 0 Å². The van der Waals surface area contributed by atoms with Crippen LogP contribution >= 0.6 is 0 Å². The molecule has 4 N–H and O–H groups in total. The first-order valence-corrected chi connectivity index (χ1v) is 6.15. The highest BCUT2D eigenvalue weighted by Crippen LogP contribution is 2.06. The van der Waals surface area contributed by atoms with Crippen molar-refractivity contribution in [2.45, 2.75) is 13.0 Å². The summed E-state index contributed by atoms with van der Waals surface area (Å²) in [6, 6.07) is 5.18. The van der Waals surface area contributed by atoms with E-state index in [1.807, 2.05) is 11.0 Å². The van der Waals surface area contributed by atoms with E-state index in [9.17, 15) is 9.59 Å². The van der Waals surface area contributed by atoms with E-state index in [0.29, 0.717) is 19.6 Å². The predicted octanol–water partition coefficient (Wildman–Crippen LogP) is -0.993. The molecule has 0 saturated carbocycles. The van der Waals surface area contributed by atoms with Crippen LogP contribution in [0, 0.1) is 0 Å². The largest absolute Gasteiger partial charge is 0.355 e. The Balaban J connectivity index is 2.05. The number of nitrogens with two attached hydrogens (primary N) is 1. The van der Waals surface area contributed by atoms with Gasteiger partial charge in [0.25, 0.3) is 5.91 Å². The summed E-state index contributed by atoms with van der Waals surface area (Å²) in [6.45, 7) is 2.43. The minimum Gasteiger partial charge on any atom is -0.355 e. The first-order chi connectivity index (χ1) is 9.19. The third-order valence-corrected chi connectivity index (χ3v) is 2.90. The Bertz CT molecular complexity index is 477. The van der Waals surface area contributed by atoms with Gasteiger partial charge in [0.1, 0.15) is 5.69 Å². The minimum atomic E-state index is -0.421. The van der Waals surface area contributed by atoms with E-state index < -0.39 is 5.91 Å². The number of hydrogen-bond acceptors (Lipinski definition) is 5. The molecule has 0 spiro atoms. The Morgan fingerprint density at radius 2 is 2.37 bits per heavy atom. The fourth-order valence-electron chi connectivity index (χ4n) is 2.00. The molecule has 0 aromatic carbocycles. The summed E-state index contributed by atoms with van der Waals surface area (Å²) < 4.78 is 0. The third kappa shape index (κ3) is 3.73. The number of aromatic nitrogens is 1. The maximum absolute atomic E-state index is 11.5. The normalized spacial score (nSPS) is 16.6. The summed E-state index contributed by atoms with van der Waals surface area (Å²) in [6.07, 6.45) is 0.911. The van der Waals surface area contributed by atoms with Crippen molar-refractivity contribution in [1.29, 1.82) is 0 Å². The number of pyridine rings is 1. The Morgan fingerprint density at radius 3 is 3.16 bits per heavy atom. The SMILES string of the molecule is NNC(=O)c1cccc(CN2CCCNC(=O)C2)n1. The average molecular weight is 263 g/mol. The fraction of sp³-hybridized carbons (Fsp3) is 0.417. The molecule has 1 aromatic rings. The lowest BCUT2D eigenvalue weighted by molar-refractivity contribution is -0.121. The zero-order chi connectivity index (χ0) is 13.7. The van der Waals surface area contributed by atoms with Crippen LogP contribution in [0.5, 0.6) is 0 Å². The van der Waals surface area contributed by atoms with Gasteiger partial charge in [-0.3, -0.25) is 19.9 Å². The number of hydrazine groups is 1. The lowest BCUT2D eigenvalue weighted by Gasteiger charge is -2.17. The molecule has 7 nitrogen and oxygen atoms in total. The number of hydrogen-bond donors (Lipinski definition) is 3. The van der Waals surface area contributed by atoms with E-state index >= 15 is 0 Å². The van der Waals surface area contributed by atoms with Gasteiger partial charge in [0.15, 0.2) is 0 Å². The van der Waals surface area contributed by atoms with Gasteiger partial charge in [-0.25, -0.2) is 10.8 Å². The summed E-state index contributed by atoms with van der Waals surface area (Å²) in [4.78, 5) is 29.1. The van der Waals surface area contributed by atoms with E-state index in [4.69, 9.17) is 5.84 Å². The third-order valence-electron chi connectivity index (χ3n) is 2.90. The van der Waals surface area contributed by atoms with E-state index in [1.54, 1.807) is 12.1 Å². The molecule has 1 aliphatic rings. The van der Waals surface area contributed by atoms with Gasteiger partial charge in [-0.1, -0.05) is 6.07 Å². The van der Waals surface area contributed by atoms with Gasteiger partial charge < -0.3 is 5.32 Å². The van der Waals surface area contributed by atoms with Crippen LogP contribution in [-0.4, -0.2) is 41.3 Å². The van der Waals surface area contributed by atoms with Crippen LogP contribution in [0.4, 0.5) is 0 Å². The highest BCUT2D eigenvalue weighted by Gasteiger charge is 2.15. The minimum absolute atomic E-state index is 0.0216. The molecule has 1 fully saturated rings. The van der Waals surface area contributed by atoms with Crippen LogP contribution in [0.1, 0.15) is 22.6 Å². The number of carbonyl (C=O) groups is 2. The van der Waals surface area contributed by atoms with Crippen LogP contribution in [0.3, 0.4) is 0 Å². The molecule has 2 heterocycles. The fourth-order valence-corrected chi connectivity index (χ4v) is 2.00. The molecule has 0 unspecified atom stereocenters. The van der Waals surface area contributed by atoms with Crippen LogP contribution in [0.25, 0.3) is 0 Å². The second-order valence-corrected chi connectivity index (χ2v) is 4.40. The first kappa shape index (κ1) is 13.4. The summed E-state index contributed by atoms with van der Waals surface area (Å²) in [5, 5.41) is 2.82. The maximum Gasteiger partial charge on any atom is 0.283 e. The summed E-state index contributed by atoms with van der Waals surface area (Å²) in [5.74, 6) is 4.68. The van der Waals surface area contributed by atoms with Crippen molar-refractivity contribution in [2.24, 2.45) is 5.84 Å². The molecule has 0 radical (unpaired) electrons. The van der Waals surface area contributed by atoms with Crippen molar-refractivity contribution in [2.75, 3.05) is 19.6 Å². The molecular weight excluding hydrogens is 246 g/mol. The van der Waals surface area contributed by atoms with Crippen LogP contribution in [-0.2, 0) is 11.3 Å². The molecule has 0 bridgehead atoms. The number of nitrogens with zero attached hydrogens (tertiary/aromatic N) is 2. The summed E-state index contributed by atoms with van der Waals surface area (Å²) >= 11 is 0. The van der Waals surface area contributed by atoms with E-state index in [0.717, 1.165) is 18.7 Å². The highest BCUT2D eigenvalue weighted by atomic mass is 16.2. The predicted molar refractivity (Wildman–Crippen MR) is 68.8 cm³/mol. The van der Waals surface area contributed by atoms with Crippen molar-refractivity contribution in [3.63, 3.8) is 0 Å². The summed E-state index contributed by atoms with van der Waals surface area (Å²) in [5.41, 5.74) is 3.07. The molecule has 1 saturated heterocycles. The molecule has 0 atom stereocenters. The van der Waals surface area contributed by atoms with Gasteiger partial charge in [0, 0.05) is 19.6 Å². The van der Waals surface area contributed by atoms with Gasteiger partial charge >= 0.3 is 0 Å². The molecule has 2 amide bonds. The van der Waals surface area contributed by atoms with Gasteiger partial charge in [-0.2, -0.15) is 0 Å². The number of nitrogens with one attached hydrogen (secondary N) is 2. The second kappa shape index (κ2) is 6.26. The monoisotopic (exact) mass is 263 g/mol. The molecule has 19 heavy (non-hydrogen) atoms. The Labute approximate surface area is 111 Å². The van der Waals surface area contributed by atoms with E-state index in [2.05, 4.69) is 15.7 Å². The van der Waals surface area contributed by atoms with Gasteiger partial charge in [-0.05, 0) is 18.6 Å². The molecule has 7 heteroatoms. The molecule has 1 aromatic heterocycles. The Hall–Kier alpha value is -1.99. The number of amides is 2. The molecular formula is C12H17N5O2. The van der Waals surface area contributed by atoms with E-state index in [1.165, 1.54) is 0 Å². The second-order valence-electron chi connectivity index (χ2n) is 4.40. The number of nitrogen functional groups attached to an aromatic ring is 1. The van der Waals surface area contributed by atoms with Gasteiger partial charge in [0.05, 0.1) is 12.2 Å². The van der Waals surface area contributed by atoms with Crippen molar-refractivity contribution in [1.82, 2.24) is 20.6 Å². The molecule has 102 valence electrons. The standard InChI is InChI=1S/C12H17N5O2/c13-16-12(19)10-4-1-3-9(15-10)7-17-6-2-5-14-11(18)8-17/h1,3-4H,2,5-8,13H2,(H,14,18)(H,16,19). The zero-order valence-corrected chi connectivity index (χ0v) is 10.6. The van der Waals surface area contributed by atoms with E-state index in [-0.39, 0.29) is 11.6 Å². The maximum atomic E-state index is 11.5. The van der Waals surface area contributed by atoms with Crippen LogP contribution in [0.2, 0.25) is 0 Å². The lowest BCUT2D eigenvalue weighted by Crippen LogP contribution is -2.33. The van der Waals surface area contributed by atoms with Crippen LogP contribution in [0.15, 0.2) is 18.2 Å². The molecule has 2 rings (SSSR count). The van der Waals surface area contributed by atoms with Crippen molar-refractivity contribution >= 4 is 11.8 Å². The smallest absolute Gasteiger partial charge is 0.283 e. The molecule has 0 aliphatic carbocycles. The number of carbonyl (C=O) groups excluding carboxylic acids is 2. The Kier molecular flexibility index (Phi) is 4.43. The highest BCUT2D eigenvalue weighted by molar-refractivity contribution is 5.91. The van der Waals surface area contributed by atoms with Crippen molar-refractivity contribution in [3.8, 4) is 0 Å². The number of rotatable bonds is 3. The first-order valence-electron chi connectivity index (χ1n) is 6.15. The quantitative estimate of drug-likeness (QED) is 0.369. The van der Waals surface area contributed by atoms with Crippen molar-refractivity contribution < 1.29 is 9.59 Å². The lowest BCUT2D eigenvalue weighted by atomic mass is 10.2.